The van der Waals surface area contributed by atoms with Gasteiger partial charge in [-0.1, -0.05) is 43.3 Å². The number of nitrogens with zero attached hydrogens (tertiary/aromatic N) is 2. The van der Waals surface area contributed by atoms with Gasteiger partial charge in [0.05, 0.1) is 12.8 Å². The third kappa shape index (κ3) is 4.96. The molecule has 0 bridgehead atoms. The highest BCUT2D eigenvalue weighted by atomic mass is 16.4. The fourth-order valence-corrected chi connectivity index (χ4v) is 4.79. The zero-order valence-electron chi connectivity index (χ0n) is 20.5. The Kier molecular flexibility index (Phi) is 6.46. The lowest BCUT2D eigenvalue weighted by Gasteiger charge is -2.30. The van der Waals surface area contributed by atoms with Crippen LogP contribution in [0.25, 0.3) is 11.1 Å². The summed E-state index contributed by atoms with van der Waals surface area (Å²) in [5.41, 5.74) is 7.27. The molecule has 7 nitrogen and oxygen atoms in total. The Morgan fingerprint density at radius 2 is 1.97 bits per heavy atom. The Morgan fingerprint density at radius 1 is 1.14 bits per heavy atom. The third-order valence-electron chi connectivity index (χ3n) is 6.77. The number of oxazole rings is 1. The first-order valence-electron chi connectivity index (χ1n) is 12.2. The van der Waals surface area contributed by atoms with Gasteiger partial charge in [0, 0.05) is 17.9 Å². The van der Waals surface area contributed by atoms with E-state index < -0.39 is 5.97 Å². The quantitative estimate of drug-likeness (QED) is 0.336. The highest BCUT2D eigenvalue weighted by Gasteiger charge is 2.24. The lowest BCUT2D eigenvalue weighted by molar-refractivity contribution is -0.137. The number of aliphatic carboxylic acids is 1. The Hall–Kier alpha value is -4.13. The molecule has 0 unspecified atom stereocenters. The monoisotopic (exact) mass is 483 g/mol. The van der Waals surface area contributed by atoms with Crippen molar-refractivity contribution in [2.45, 2.75) is 45.4 Å². The van der Waals surface area contributed by atoms with Gasteiger partial charge in [-0.25, -0.2) is 0 Å². The number of carbonyl (C=O) groups excluding carboxylic acids is 1. The molecule has 5 rings (SSSR count). The molecule has 7 heteroatoms. The molecular formula is C29H29N3O4. The maximum absolute atomic E-state index is 13.3. The largest absolute Gasteiger partial charge is 0.481 e. The molecule has 36 heavy (non-hydrogen) atoms. The molecule has 1 aliphatic heterocycles. The molecule has 2 N–H and O–H groups in total. The van der Waals surface area contributed by atoms with Gasteiger partial charge in [0.1, 0.15) is 5.52 Å². The van der Waals surface area contributed by atoms with Gasteiger partial charge >= 0.3 is 5.97 Å². The summed E-state index contributed by atoms with van der Waals surface area (Å²) in [6, 6.07) is 20.0. The van der Waals surface area contributed by atoms with Crippen LogP contribution in [0.1, 0.15) is 47.9 Å². The minimum Gasteiger partial charge on any atom is -0.481 e. The molecule has 2 heterocycles. The van der Waals surface area contributed by atoms with Gasteiger partial charge in [-0.3, -0.25) is 9.59 Å². The standard InChI is InChI=1S/C29H29N3O4/c1-18-6-3-4-8-23(18)30-29-31-24-11-9-20(15-26(24)36-29)16-27(33)32-13-5-7-22-17-21(10-12-25(22)32)19(2)14-28(34)35/h3-4,6,8-12,15,17,19H,5,7,13-14,16H2,1-2H3,(H,30,31)(H,34,35)/t19-/m1/s1. The second-order valence-electron chi connectivity index (χ2n) is 9.47. The molecule has 0 spiro atoms. The highest BCUT2D eigenvalue weighted by molar-refractivity contribution is 5.96. The lowest BCUT2D eigenvalue weighted by Crippen LogP contribution is -2.36. The van der Waals surface area contributed by atoms with Gasteiger partial charge in [0.2, 0.25) is 5.91 Å². The molecule has 4 aromatic rings. The summed E-state index contributed by atoms with van der Waals surface area (Å²) >= 11 is 0. The van der Waals surface area contributed by atoms with Crippen LogP contribution in [0.4, 0.5) is 17.4 Å². The van der Waals surface area contributed by atoms with E-state index in [9.17, 15) is 9.59 Å². The number of aryl methyl sites for hydroxylation is 2. The molecule has 0 radical (unpaired) electrons. The van der Waals surface area contributed by atoms with E-state index in [0.717, 1.165) is 52.0 Å². The molecule has 1 atom stereocenters. The van der Waals surface area contributed by atoms with Gasteiger partial charge in [-0.05, 0) is 72.2 Å². The minimum absolute atomic E-state index is 0.0272. The molecule has 1 aliphatic rings. The van der Waals surface area contributed by atoms with Crippen LogP contribution in [0.3, 0.4) is 0 Å². The highest BCUT2D eigenvalue weighted by Crippen LogP contribution is 2.32. The summed E-state index contributed by atoms with van der Waals surface area (Å²) in [6.07, 6.45) is 2.11. The fraction of sp³-hybridized carbons (Fsp3) is 0.276. The van der Waals surface area contributed by atoms with Gasteiger partial charge in [0.25, 0.3) is 6.01 Å². The number of rotatable bonds is 7. The Bertz CT molecular complexity index is 1440. The average molecular weight is 484 g/mol. The topological polar surface area (TPSA) is 95.7 Å². The second kappa shape index (κ2) is 9.85. The minimum atomic E-state index is -0.807. The van der Waals surface area contributed by atoms with Crippen molar-refractivity contribution in [1.29, 1.82) is 0 Å². The van der Waals surface area contributed by atoms with Crippen molar-refractivity contribution in [3.05, 3.63) is 82.9 Å². The first-order chi connectivity index (χ1) is 17.4. The number of amides is 1. The van der Waals surface area contributed by atoms with Crippen LogP contribution in [0.15, 0.2) is 65.1 Å². The smallest absolute Gasteiger partial charge is 0.303 e. The fourth-order valence-electron chi connectivity index (χ4n) is 4.79. The number of anilines is 3. The van der Waals surface area contributed by atoms with Gasteiger partial charge in [-0.2, -0.15) is 4.98 Å². The molecule has 3 aromatic carbocycles. The first-order valence-corrected chi connectivity index (χ1v) is 12.2. The molecule has 184 valence electrons. The van der Waals surface area contributed by atoms with Crippen LogP contribution in [0.2, 0.25) is 0 Å². The number of para-hydroxylation sites is 1. The van der Waals surface area contributed by atoms with E-state index in [1.807, 2.05) is 73.3 Å². The molecule has 1 amide bonds. The number of benzene rings is 3. The van der Waals surface area contributed by atoms with Crippen LogP contribution < -0.4 is 10.2 Å². The SMILES string of the molecule is Cc1ccccc1Nc1nc2ccc(CC(=O)N3CCCc4cc([C@H](C)CC(=O)O)ccc43)cc2o1. The molecule has 0 aliphatic carbocycles. The molecule has 0 saturated carbocycles. The summed E-state index contributed by atoms with van der Waals surface area (Å²) in [6.45, 7) is 4.61. The number of carbonyl (C=O) groups is 2. The van der Waals surface area contributed by atoms with Crippen molar-refractivity contribution >= 4 is 40.4 Å². The first kappa shape index (κ1) is 23.6. The van der Waals surface area contributed by atoms with E-state index in [1.165, 1.54) is 0 Å². The lowest BCUT2D eigenvalue weighted by atomic mass is 9.92. The van der Waals surface area contributed by atoms with Gasteiger partial charge < -0.3 is 19.7 Å². The van der Waals surface area contributed by atoms with Crippen molar-refractivity contribution in [1.82, 2.24) is 4.98 Å². The van der Waals surface area contributed by atoms with Crippen molar-refractivity contribution < 1.29 is 19.1 Å². The Morgan fingerprint density at radius 3 is 2.78 bits per heavy atom. The van der Waals surface area contributed by atoms with Gasteiger partial charge in [0.15, 0.2) is 5.58 Å². The average Bonchev–Trinajstić information content (AvgIpc) is 3.26. The van der Waals surface area contributed by atoms with E-state index in [4.69, 9.17) is 9.52 Å². The Labute approximate surface area is 209 Å². The molecular weight excluding hydrogens is 454 g/mol. The van der Waals surface area contributed by atoms with Crippen LogP contribution in [0.5, 0.6) is 0 Å². The normalized spacial score (nSPS) is 13.9. The van der Waals surface area contributed by atoms with Gasteiger partial charge in [-0.15, -0.1) is 0 Å². The van der Waals surface area contributed by atoms with E-state index in [1.54, 1.807) is 0 Å². The van der Waals surface area contributed by atoms with Crippen molar-refractivity contribution in [2.75, 3.05) is 16.8 Å². The second-order valence-corrected chi connectivity index (χ2v) is 9.47. The zero-order valence-corrected chi connectivity index (χ0v) is 20.5. The number of carboxylic acids is 1. The summed E-state index contributed by atoms with van der Waals surface area (Å²) in [5, 5.41) is 12.3. The maximum Gasteiger partial charge on any atom is 0.303 e. The number of fused-ring (bicyclic) bond motifs is 2. The van der Waals surface area contributed by atoms with E-state index in [0.29, 0.717) is 18.1 Å². The summed E-state index contributed by atoms with van der Waals surface area (Å²) in [5.74, 6) is -0.851. The number of hydrogen-bond acceptors (Lipinski definition) is 5. The third-order valence-corrected chi connectivity index (χ3v) is 6.77. The van der Waals surface area contributed by atoms with Crippen LogP contribution in [0, 0.1) is 6.92 Å². The molecule has 0 saturated heterocycles. The van der Waals surface area contributed by atoms with Crippen LogP contribution in [-0.4, -0.2) is 28.5 Å². The number of aromatic nitrogens is 1. The van der Waals surface area contributed by atoms with E-state index in [-0.39, 0.29) is 24.7 Å². The Balaban J connectivity index is 1.32. The predicted molar refractivity (Wildman–Crippen MR) is 140 cm³/mol. The van der Waals surface area contributed by atoms with Crippen LogP contribution in [-0.2, 0) is 22.4 Å². The summed E-state index contributed by atoms with van der Waals surface area (Å²) < 4.78 is 5.93. The number of nitrogens with one attached hydrogen (secondary N) is 1. The van der Waals surface area contributed by atoms with Crippen molar-refractivity contribution in [2.24, 2.45) is 0 Å². The predicted octanol–water partition coefficient (Wildman–Crippen LogP) is 5.98. The summed E-state index contributed by atoms with van der Waals surface area (Å²) in [4.78, 5) is 30.8. The molecule has 0 fully saturated rings. The number of carboxylic acid groups (broad SMARTS) is 1. The van der Waals surface area contributed by atoms with Crippen LogP contribution >= 0.6 is 0 Å². The van der Waals surface area contributed by atoms with Crippen molar-refractivity contribution in [3.8, 4) is 0 Å². The van der Waals surface area contributed by atoms with Crippen molar-refractivity contribution in [3.63, 3.8) is 0 Å². The maximum atomic E-state index is 13.3. The van der Waals surface area contributed by atoms with E-state index in [2.05, 4.69) is 16.4 Å². The zero-order chi connectivity index (χ0) is 25.2. The van der Waals surface area contributed by atoms with E-state index >= 15 is 0 Å². The summed E-state index contributed by atoms with van der Waals surface area (Å²) in [7, 11) is 0. The molecule has 1 aromatic heterocycles. The number of hydrogen-bond donors (Lipinski definition) is 2.